The standard InChI is InChI=1S/C14H13N3O/c1-10-6-12(16)2-3-14(10)18-9-11-4-5-17-13(7-11)8-15/h2-7H,9,16H2,1H3. The van der Waals surface area contributed by atoms with Gasteiger partial charge in [-0.25, -0.2) is 4.98 Å². The predicted molar refractivity (Wildman–Crippen MR) is 68.9 cm³/mol. The lowest BCUT2D eigenvalue weighted by Crippen LogP contribution is -1.98. The van der Waals surface area contributed by atoms with Crippen LogP contribution in [0.5, 0.6) is 5.75 Å². The number of hydrogen-bond acceptors (Lipinski definition) is 4. The Bertz CT molecular complexity index is 602. The zero-order valence-corrected chi connectivity index (χ0v) is 10.1. The largest absolute Gasteiger partial charge is 0.489 e. The molecule has 2 rings (SSSR count). The number of rotatable bonds is 3. The van der Waals surface area contributed by atoms with Gasteiger partial charge in [0.1, 0.15) is 24.1 Å². The molecule has 0 bridgehead atoms. The first kappa shape index (κ1) is 11.9. The highest BCUT2D eigenvalue weighted by molar-refractivity contribution is 5.47. The maximum atomic E-state index is 8.75. The minimum atomic E-state index is 0.394. The van der Waals surface area contributed by atoms with Crippen LogP contribution < -0.4 is 10.5 Å². The maximum absolute atomic E-state index is 8.75. The molecule has 2 N–H and O–H groups in total. The van der Waals surface area contributed by atoms with Crippen LogP contribution in [0.3, 0.4) is 0 Å². The SMILES string of the molecule is Cc1cc(N)ccc1OCc1ccnc(C#N)c1. The normalized spacial score (nSPS) is 9.78. The van der Waals surface area contributed by atoms with Gasteiger partial charge in [-0.15, -0.1) is 0 Å². The van der Waals surface area contributed by atoms with Crippen molar-refractivity contribution in [1.29, 1.82) is 5.26 Å². The molecule has 0 aliphatic heterocycles. The highest BCUT2D eigenvalue weighted by atomic mass is 16.5. The van der Waals surface area contributed by atoms with Gasteiger partial charge < -0.3 is 10.5 Å². The number of nitrogens with zero attached hydrogens (tertiary/aromatic N) is 2. The summed E-state index contributed by atoms with van der Waals surface area (Å²) in [4.78, 5) is 3.91. The van der Waals surface area contributed by atoms with E-state index in [1.54, 1.807) is 18.3 Å². The van der Waals surface area contributed by atoms with E-state index < -0.39 is 0 Å². The Morgan fingerprint density at radius 1 is 1.33 bits per heavy atom. The number of benzene rings is 1. The van der Waals surface area contributed by atoms with Gasteiger partial charge in [0.15, 0.2) is 0 Å². The van der Waals surface area contributed by atoms with E-state index >= 15 is 0 Å². The summed E-state index contributed by atoms with van der Waals surface area (Å²) >= 11 is 0. The lowest BCUT2D eigenvalue weighted by atomic mass is 10.2. The molecule has 0 amide bonds. The lowest BCUT2D eigenvalue weighted by Gasteiger charge is -2.09. The number of aryl methyl sites for hydroxylation is 1. The van der Waals surface area contributed by atoms with Crippen LogP contribution in [0.2, 0.25) is 0 Å². The van der Waals surface area contributed by atoms with Crippen molar-refractivity contribution in [3.05, 3.63) is 53.3 Å². The molecular weight excluding hydrogens is 226 g/mol. The van der Waals surface area contributed by atoms with E-state index in [4.69, 9.17) is 15.7 Å². The summed E-state index contributed by atoms with van der Waals surface area (Å²) in [5, 5.41) is 8.75. The third-order valence-electron chi connectivity index (χ3n) is 2.53. The molecular formula is C14H13N3O. The molecule has 0 aliphatic carbocycles. The molecule has 4 heteroatoms. The number of pyridine rings is 1. The Balaban J connectivity index is 2.09. The topological polar surface area (TPSA) is 71.9 Å². The molecule has 1 aromatic carbocycles. The Kier molecular flexibility index (Phi) is 3.44. The number of nitrogen functional groups attached to an aromatic ring is 1. The first-order valence-electron chi connectivity index (χ1n) is 5.53. The van der Waals surface area contributed by atoms with Gasteiger partial charge in [0.05, 0.1) is 0 Å². The van der Waals surface area contributed by atoms with E-state index in [0.29, 0.717) is 12.3 Å². The van der Waals surface area contributed by atoms with Crippen LogP contribution >= 0.6 is 0 Å². The van der Waals surface area contributed by atoms with Gasteiger partial charge >= 0.3 is 0 Å². The van der Waals surface area contributed by atoms with E-state index in [9.17, 15) is 0 Å². The van der Waals surface area contributed by atoms with Gasteiger partial charge in [-0.2, -0.15) is 5.26 Å². The summed E-state index contributed by atoms with van der Waals surface area (Å²) in [5.74, 6) is 0.791. The van der Waals surface area contributed by atoms with Crippen LogP contribution in [-0.4, -0.2) is 4.98 Å². The molecule has 2 aromatic rings. The fourth-order valence-electron chi connectivity index (χ4n) is 1.62. The Hall–Kier alpha value is -2.54. The molecule has 0 unspecified atom stereocenters. The van der Waals surface area contributed by atoms with Crippen LogP contribution in [0, 0.1) is 18.3 Å². The van der Waals surface area contributed by atoms with Gasteiger partial charge in [0.25, 0.3) is 0 Å². The minimum Gasteiger partial charge on any atom is -0.489 e. The maximum Gasteiger partial charge on any atom is 0.140 e. The molecule has 1 heterocycles. The van der Waals surface area contributed by atoms with Crippen molar-refractivity contribution in [3.8, 4) is 11.8 Å². The molecule has 0 saturated heterocycles. The number of nitrogens with two attached hydrogens (primary N) is 1. The molecule has 0 fully saturated rings. The smallest absolute Gasteiger partial charge is 0.140 e. The third-order valence-corrected chi connectivity index (χ3v) is 2.53. The Morgan fingerprint density at radius 2 is 2.17 bits per heavy atom. The minimum absolute atomic E-state index is 0.394. The van der Waals surface area contributed by atoms with Gasteiger partial charge in [0.2, 0.25) is 0 Å². The van der Waals surface area contributed by atoms with E-state index in [-0.39, 0.29) is 0 Å². The quantitative estimate of drug-likeness (QED) is 0.835. The van der Waals surface area contributed by atoms with Gasteiger partial charge in [-0.1, -0.05) is 0 Å². The molecule has 0 aliphatic rings. The van der Waals surface area contributed by atoms with Crippen molar-refractivity contribution in [1.82, 2.24) is 4.98 Å². The van der Waals surface area contributed by atoms with Crippen molar-refractivity contribution in [2.75, 3.05) is 5.73 Å². The summed E-state index contributed by atoms with van der Waals surface area (Å²) in [6, 6.07) is 11.1. The van der Waals surface area contributed by atoms with E-state index in [2.05, 4.69) is 4.98 Å². The number of aromatic nitrogens is 1. The molecule has 0 spiro atoms. The Morgan fingerprint density at radius 3 is 2.89 bits per heavy atom. The second-order valence-electron chi connectivity index (χ2n) is 3.97. The number of hydrogen-bond donors (Lipinski definition) is 1. The third kappa shape index (κ3) is 2.77. The predicted octanol–water partition coefficient (Wildman–Crippen LogP) is 2.42. The van der Waals surface area contributed by atoms with Crippen molar-refractivity contribution in [3.63, 3.8) is 0 Å². The molecule has 18 heavy (non-hydrogen) atoms. The van der Waals surface area contributed by atoms with Crippen molar-refractivity contribution >= 4 is 5.69 Å². The molecule has 90 valence electrons. The summed E-state index contributed by atoms with van der Waals surface area (Å²) in [6.45, 7) is 2.35. The van der Waals surface area contributed by atoms with Crippen LogP contribution in [0.25, 0.3) is 0 Å². The average molecular weight is 239 g/mol. The van der Waals surface area contributed by atoms with E-state index in [0.717, 1.165) is 22.6 Å². The monoisotopic (exact) mass is 239 g/mol. The molecule has 0 radical (unpaired) electrons. The van der Waals surface area contributed by atoms with Crippen molar-refractivity contribution in [2.45, 2.75) is 13.5 Å². The molecule has 0 saturated carbocycles. The van der Waals surface area contributed by atoms with E-state index in [1.807, 2.05) is 31.2 Å². The van der Waals surface area contributed by atoms with E-state index in [1.165, 1.54) is 0 Å². The fraction of sp³-hybridized carbons (Fsp3) is 0.143. The highest BCUT2D eigenvalue weighted by Gasteiger charge is 2.01. The average Bonchev–Trinajstić information content (AvgIpc) is 2.38. The number of ether oxygens (including phenoxy) is 1. The zero-order chi connectivity index (χ0) is 13.0. The molecule has 0 atom stereocenters. The first-order valence-corrected chi connectivity index (χ1v) is 5.53. The second-order valence-corrected chi connectivity index (χ2v) is 3.97. The number of anilines is 1. The second kappa shape index (κ2) is 5.19. The van der Waals surface area contributed by atoms with Crippen molar-refractivity contribution < 1.29 is 4.74 Å². The van der Waals surface area contributed by atoms with Crippen LogP contribution in [0.4, 0.5) is 5.69 Å². The Labute approximate surface area is 106 Å². The number of nitriles is 1. The van der Waals surface area contributed by atoms with Crippen molar-refractivity contribution in [2.24, 2.45) is 0 Å². The lowest BCUT2D eigenvalue weighted by molar-refractivity contribution is 0.304. The zero-order valence-electron chi connectivity index (χ0n) is 10.1. The van der Waals surface area contributed by atoms with Crippen LogP contribution in [0.1, 0.15) is 16.8 Å². The highest BCUT2D eigenvalue weighted by Crippen LogP contribution is 2.21. The summed E-state index contributed by atoms with van der Waals surface area (Å²) in [7, 11) is 0. The summed E-state index contributed by atoms with van der Waals surface area (Å²) in [6.07, 6.45) is 1.60. The first-order chi connectivity index (χ1) is 8.69. The molecule has 4 nitrogen and oxygen atoms in total. The van der Waals surface area contributed by atoms with Crippen LogP contribution in [-0.2, 0) is 6.61 Å². The summed E-state index contributed by atoms with van der Waals surface area (Å²) < 4.78 is 5.68. The summed E-state index contributed by atoms with van der Waals surface area (Å²) in [5.41, 5.74) is 8.69. The fourth-order valence-corrected chi connectivity index (χ4v) is 1.62. The van der Waals surface area contributed by atoms with Gasteiger partial charge in [-0.05, 0) is 48.4 Å². The van der Waals surface area contributed by atoms with Gasteiger partial charge in [0, 0.05) is 11.9 Å². The van der Waals surface area contributed by atoms with Gasteiger partial charge in [-0.3, -0.25) is 0 Å². The molecule has 1 aromatic heterocycles. The van der Waals surface area contributed by atoms with Crippen LogP contribution in [0.15, 0.2) is 36.5 Å².